The highest BCUT2D eigenvalue weighted by Crippen LogP contribution is 2.38. The maximum atomic E-state index is 12.8. The van der Waals surface area contributed by atoms with Gasteiger partial charge in [0.25, 0.3) is 7.82 Å². The topological polar surface area (TPSA) is 111 Å². The average molecular weight is 1060 g/mol. The number of carbonyl (C=O) groups is 2. The lowest BCUT2D eigenvalue weighted by Crippen LogP contribution is -2.37. The molecule has 0 spiro atoms. The highest BCUT2D eigenvalue weighted by atomic mass is 31.2. The number of quaternary nitrogens is 1. The van der Waals surface area contributed by atoms with Crippen molar-refractivity contribution in [1.29, 1.82) is 0 Å². The Kier molecular flexibility index (Phi) is 52.9. The summed E-state index contributed by atoms with van der Waals surface area (Å²) in [4.78, 5) is 37.8. The highest BCUT2D eigenvalue weighted by molar-refractivity contribution is 7.45. The van der Waals surface area contributed by atoms with Gasteiger partial charge in [-0.1, -0.05) is 240 Å². The lowest BCUT2D eigenvalue weighted by Gasteiger charge is -2.28. The average Bonchev–Trinajstić information content (AvgIpc) is 3.36. The van der Waals surface area contributed by atoms with Crippen molar-refractivity contribution in [2.45, 2.75) is 264 Å². The summed E-state index contributed by atoms with van der Waals surface area (Å²) in [6, 6.07) is 0. The van der Waals surface area contributed by atoms with Crippen molar-refractivity contribution in [3.05, 3.63) is 85.1 Å². The molecule has 0 saturated heterocycles. The molecule has 0 amide bonds. The number of hydrogen-bond donors (Lipinski definition) is 0. The Balaban J connectivity index is 4.02. The Morgan fingerprint density at radius 1 is 0.432 bits per heavy atom. The van der Waals surface area contributed by atoms with Gasteiger partial charge in [0.2, 0.25) is 0 Å². The lowest BCUT2D eigenvalue weighted by molar-refractivity contribution is -0.870. The van der Waals surface area contributed by atoms with E-state index in [2.05, 4.69) is 98.9 Å². The van der Waals surface area contributed by atoms with Crippen LogP contribution < -0.4 is 4.89 Å². The van der Waals surface area contributed by atoms with Gasteiger partial charge in [-0.05, 0) is 89.9 Å². The molecule has 0 aliphatic carbocycles. The zero-order chi connectivity index (χ0) is 54.2. The van der Waals surface area contributed by atoms with E-state index >= 15 is 0 Å². The molecule has 428 valence electrons. The fourth-order valence-corrected chi connectivity index (χ4v) is 8.97. The van der Waals surface area contributed by atoms with E-state index in [0.29, 0.717) is 23.9 Å². The molecular formula is C64H114NO8P. The molecule has 0 aromatic heterocycles. The highest BCUT2D eigenvalue weighted by Gasteiger charge is 2.22. The van der Waals surface area contributed by atoms with Gasteiger partial charge in [0.1, 0.15) is 19.8 Å². The number of phosphoric acid groups is 1. The first-order valence-corrected chi connectivity index (χ1v) is 31.8. The monoisotopic (exact) mass is 1060 g/mol. The van der Waals surface area contributed by atoms with Crippen molar-refractivity contribution < 1.29 is 42.1 Å². The third-order valence-corrected chi connectivity index (χ3v) is 13.9. The Labute approximate surface area is 456 Å². The van der Waals surface area contributed by atoms with Crippen LogP contribution >= 0.6 is 7.82 Å². The molecular weight excluding hydrogens is 942 g/mol. The van der Waals surface area contributed by atoms with Gasteiger partial charge in [-0.25, -0.2) is 0 Å². The lowest BCUT2D eigenvalue weighted by atomic mass is 10.0. The van der Waals surface area contributed by atoms with Crippen LogP contribution in [0.5, 0.6) is 0 Å². The molecule has 0 N–H and O–H groups in total. The molecule has 0 saturated carbocycles. The Hall–Kier alpha value is -2.81. The van der Waals surface area contributed by atoms with E-state index in [9.17, 15) is 19.0 Å². The van der Waals surface area contributed by atoms with Gasteiger partial charge in [0.15, 0.2) is 6.10 Å². The minimum Gasteiger partial charge on any atom is -0.756 e. The Bertz CT molecular complexity index is 1520. The number of ether oxygens (including phenoxy) is 2. The fraction of sp³-hybridized carbons (Fsp3) is 0.750. The third kappa shape index (κ3) is 58.5. The number of hydrogen-bond acceptors (Lipinski definition) is 8. The molecule has 0 aromatic carbocycles. The summed E-state index contributed by atoms with van der Waals surface area (Å²) >= 11 is 0. The van der Waals surface area contributed by atoms with E-state index in [4.69, 9.17) is 18.5 Å². The first-order valence-electron chi connectivity index (χ1n) is 30.3. The maximum Gasteiger partial charge on any atom is 0.306 e. The van der Waals surface area contributed by atoms with Crippen LogP contribution in [-0.4, -0.2) is 70.0 Å². The van der Waals surface area contributed by atoms with Crippen molar-refractivity contribution in [3.8, 4) is 0 Å². The minimum atomic E-state index is -4.64. The van der Waals surface area contributed by atoms with Crippen LogP contribution in [0.2, 0.25) is 0 Å². The molecule has 9 nitrogen and oxygen atoms in total. The quantitative estimate of drug-likeness (QED) is 0.0195. The van der Waals surface area contributed by atoms with Gasteiger partial charge in [-0.2, -0.15) is 0 Å². The van der Waals surface area contributed by atoms with Gasteiger partial charge in [0.05, 0.1) is 27.7 Å². The van der Waals surface area contributed by atoms with E-state index in [-0.39, 0.29) is 26.1 Å². The smallest absolute Gasteiger partial charge is 0.306 e. The number of unbranched alkanes of at least 4 members (excludes halogenated alkanes) is 27. The number of rotatable bonds is 55. The van der Waals surface area contributed by atoms with Crippen molar-refractivity contribution in [2.75, 3.05) is 47.5 Å². The summed E-state index contributed by atoms with van der Waals surface area (Å²) in [6.45, 7) is 4.09. The summed E-state index contributed by atoms with van der Waals surface area (Å²) in [6.07, 6.45) is 73.6. The maximum absolute atomic E-state index is 12.8. The Morgan fingerprint density at radius 2 is 0.770 bits per heavy atom. The molecule has 0 bridgehead atoms. The molecule has 0 aromatic rings. The number of nitrogens with zero attached hydrogens (tertiary/aromatic N) is 1. The van der Waals surface area contributed by atoms with E-state index in [0.717, 1.165) is 89.9 Å². The predicted molar refractivity (Wildman–Crippen MR) is 314 cm³/mol. The van der Waals surface area contributed by atoms with Crippen LogP contribution in [0.25, 0.3) is 0 Å². The molecule has 2 atom stereocenters. The van der Waals surface area contributed by atoms with Crippen molar-refractivity contribution in [1.82, 2.24) is 0 Å². The van der Waals surface area contributed by atoms with Crippen molar-refractivity contribution in [2.24, 2.45) is 0 Å². The fourth-order valence-electron chi connectivity index (χ4n) is 8.24. The van der Waals surface area contributed by atoms with Gasteiger partial charge in [-0.3, -0.25) is 14.2 Å². The first kappa shape index (κ1) is 71.2. The van der Waals surface area contributed by atoms with Crippen molar-refractivity contribution >= 4 is 19.8 Å². The van der Waals surface area contributed by atoms with Crippen LogP contribution in [0.15, 0.2) is 85.1 Å². The molecule has 0 heterocycles. The zero-order valence-corrected chi connectivity index (χ0v) is 49.4. The number of likely N-dealkylation sites (N-methyl/N-ethyl adjacent to an activating group) is 1. The van der Waals surface area contributed by atoms with E-state index in [1.54, 1.807) is 0 Å². The molecule has 0 aliphatic heterocycles. The van der Waals surface area contributed by atoms with E-state index < -0.39 is 32.5 Å². The number of carbonyl (C=O) groups excluding carboxylic acids is 2. The molecule has 10 heteroatoms. The summed E-state index contributed by atoms with van der Waals surface area (Å²) in [5, 5.41) is 0. The molecule has 74 heavy (non-hydrogen) atoms. The standard InChI is InChI=1S/C64H114NO8P/c1-6-8-10-12-14-16-18-20-22-23-24-25-26-27-28-29-30-31-32-33-34-35-36-37-38-39-40-41-43-45-47-49-51-53-55-57-64(67)73-62(61-72-74(68,69)71-59-58-65(3,4)5)60-70-63(66)56-54-52-50-48-46-44-42-21-19-17-15-13-11-9-7-2/h8,10,14-17,20-22,24-25,27-28,42,62H,6-7,9,11-13,18-19,23,26,29-41,43-61H2,1-5H3/b10-8-,16-14-,17-15-,22-20-,25-24-,28-27-,42-21-. The molecule has 2 unspecified atom stereocenters. The minimum absolute atomic E-state index is 0.0346. The summed E-state index contributed by atoms with van der Waals surface area (Å²) in [5.41, 5.74) is 0. The predicted octanol–water partition coefficient (Wildman–Crippen LogP) is 18.4. The van der Waals surface area contributed by atoms with Gasteiger partial charge >= 0.3 is 11.9 Å². The number of phosphoric ester groups is 1. The van der Waals surface area contributed by atoms with Gasteiger partial charge in [0, 0.05) is 12.8 Å². The number of esters is 2. The summed E-state index contributed by atoms with van der Waals surface area (Å²) in [5.74, 6) is -0.845. The van der Waals surface area contributed by atoms with E-state index in [1.165, 1.54) is 128 Å². The van der Waals surface area contributed by atoms with Crippen LogP contribution in [-0.2, 0) is 32.7 Å². The van der Waals surface area contributed by atoms with Crippen LogP contribution in [0, 0.1) is 0 Å². The number of allylic oxidation sites excluding steroid dienone is 14. The zero-order valence-electron chi connectivity index (χ0n) is 48.5. The molecule has 0 fully saturated rings. The van der Waals surface area contributed by atoms with Gasteiger partial charge < -0.3 is 27.9 Å². The second kappa shape index (κ2) is 55.0. The molecule has 0 aliphatic rings. The van der Waals surface area contributed by atoms with Crippen molar-refractivity contribution in [3.63, 3.8) is 0 Å². The Morgan fingerprint density at radius 3 is 1.15 bits per heavy atom. The third-order valence-electron chi connectivity index (χ3n) is 12.9. The second-order valence-corrected chi connectivity index (χ2v) is 22.7. The molecule has 0 radical (unpaired) electrons. The van der Waals surface area contributed by atoms with Crippen LogP contribution in [0.4, 0.5) is 0 Å². The van der Waals surface area contributed by atoms with Gasteiger partial charge in [-0.15, -0.1) is 0 Å². The summed E-state index contributed by atoms with van der Waals surface area (Å²) < 4.78 is 34.1. The summed E-state index contributed by atoms with van der Waals surface area (Å²) in [7, 11) is 1.16. The largest absolute Gasteiger partial charge is 0.756 e. The first-order chi connectivity index (χ1) is 36.0. The normalized spacial score (nSPS) is 13.9. The van der Waals surface area contributed by atoms with E-state index in [1.807, 2.05) is 21.1 Å². The van der Waals surface area contributed by atoms with Crippen LogP contribution in [0.3, 0.4) is 0 Å². The van der Waals surface area contributed by atoms with Crippen LogP contribution in [0.1, 0.15) is 258 Å². The SMILES string of the molecule is CC/C=C\C/C=C\C/C=C\C/C=C\C/C=C\CCCCCCCCCCCCCCCCCCCCCC(=O)OC(COC(=O)CCCCCCC/C=C\C/C=C\CCCCC)COP(=O)([O-])OCC[N+](C)(C)C. The second-order valence-electron chi connectivity index (χ2n) is 21.3. The molecule has 0 rings (SSSR count).